The molecule has 0 aliphatic rings. The molecule has 0 radical (unpaired) electrons. The quantitative estimate of drug-likeness (QED) is 0.264. The molecule has 3 N–H and O–H groups in total. The van der Waals surface area contributed by atoms with Crippen LogP contribution >= 0.6 is 0 Å². The Morgan fingerprint density at radius 2 is 1.91 bits per heavy atom. The molecule has 1 atom stereocenters. The van der Waals surface area contributed by atoms with Crippen LogP contribution in [0.3, 0.4) is 0 Å². The zero-order chi connectivity index (χ0) is 25.0. The summed E-state index contributed by atoms with van der Waals surface area (Å²) < 4.78 is 11.6. The van der Waals surface area contributed by atoms with Crippen LogP contribution in [-0.4, -0.2) is 46.3 Å². The fourth-order valence-electron chi connectivity index (χ4n) is 3.36. The van der Waals surface area contributed by atoms with E-state index in [1.807, 2.05) is 76.2 Å². The Hall–Kier alpha value is -3.16. The van der Waals surface area contributed by atoms with Gasteiger partial charge in [0.15, 0.2) is 0 Å². The first-order valence-corrected chi connectivity index (χ1v) is 11.8. The largest absolute Gasteiger partial charge is 0.490 e. The molecule has 0 saturated heterocycles. The summed E-state index contributed by atoms with van der Waals surface area (Å²) in [6.07, 6.45) is 5.43. The van der Waals surface area contributed by atoms with Gasteiger partial charge in [0.1, 0.15) is 24.2 Å². The van der Waals surface area contributed by atoms with Crippen LogP contribution in [0, 0.1) is 0 Å². The van der Waals surface area contributed by atoms with Gasteiger partial charge in [-0.2, -0.15) is 5.10 Å². The first-order chi connectivity index (χ1) is 16.4. The monoisotopic (exact) mass is 466 g/mol. The molecule has 1 heterocycles. The zero-order valence-corrected chi connectivity index (χ0v) is 21.1. The number of hydrogen-bond donors (Lipinski definition) is 3. The molecule has 0 amide bonds. The van der Waals surface area contributed by atoms with Gasteiger partial charge in [0.2, 0.25) is 5.88 Å². The van der Waals surface area contributed by atoms with Crippen molar-refractivity contribution in [2.24, 2.45) is 4.99 Å². The number of aliphatic imine (C=N–C) groups is 1. The number of aliphatic hydroxyl groups excluding tert-OH is 1. The van der Waals surface area contributed by atoms with Gasteiger partial charge in [-0.3, -0.25) is 5.10 Å². The van der Waals surface area contributed by atoms with E-state index in [1.165, 1.54) is 5.56 Å². The van der Waals surface area contributed by atoms with E-state index in [0.29, 0.717) is 18.2 Å². The zero-order valence-electron chi connectivity index (χ0n) is 21.1. The smallest absolute Gasteiger partial charge is 0.214 e. The molecule has 184 valence electrons. The number of fused-ring (bicyclic) bond motifs is 1. The molecule has 0 fully saturated rings. The lowest BCUT2D eigenvalue weighted by molar-refractivity contribution is 0.0996. The van der Waals surface area contributed by atoms with E-state index in [1.54, 1.807) is 12.4 Å². The van der Waals surface area contributed by atoms with E-state index in [4.69, 9.17) is 9.47 Å². The van der Waals surface area contributed by atoms with Gasteiger partial charge in [-0.1, -0.05) is 32.0 Å². The minimum atomic E-state index is -0.634. The average molecular weight is 467 g/mol. The number of aromatic nitrogens is 2. The molecule has 1 aromatic heterocycles. The number of hydrogen-bond acceptors (Lipinski definition) is 6. The molecule has 0 saturated carbocycles. The standard InChI is InChI=1S/C25H32N4O3.C2H6/c1-5-24(26-6-2)32-20-12-10-18(11-13-20)14-25(3,4)27-15-19(30)17-31-23-9-7-8-22-21(23)16-28-29-22;1-2/h5-13,16,19,27,30H,14-15,17H2,1-4H3,(H,28,29);1-2H3/b24-5+,26-6-;/t19-;/m0./s1. The van der Waals surface area contributed by atoms with E-state index in [2.05, 4.69) is 34.4 Å². The van der Waals surface area contributed by atoms with Crippen molar-refractivity contribution < 1.29 is 14.6 Å². The van der Waals surface area contributed by atoms with Crippen LogP contribution in [0.1, 0.15) is 47.1 Å². The summed E-state index contributed by atoms with van der Waals surface area (Å²) >= 11 is 0. The van der Waals surface area contributed by atoms with Crippen LogP contribution in [0.2, 0.25) is 0 Å². The summed E-state index contributed by atoms with van der Waals surface area (Å²) in [5.74, 6) is 2.03. The Kier molecular flexibility index (Phi) is 10.8. The summed E-state index contributed by atoms with van der Waals surface area (Å²) in [4.78, 5) is 4.17. The highest BCUT2D eigenvalue weighted by Crippen LogP contribution is 2.23. The summed E-state index contributed by atoms with van der Waals surface area (Å²) in [6, 6.07) is 13.7. The van der Waals surface area contributed by atoms with Crippen LogP contribution in [0.5, 0.6) is 11.5 Å². The first kappa shape index (κ1) is 27.1. The third kappa shape index (κ3) is 8.32. The van der Waals surface area contributed by atoms with Crippen LogP contribution in [0.25, 0.3) is 10.9 Å². The molecule has 0 aliphatic carbocycles. The van der Waals surface area contributed by atoms with Crippen LogP contribution in [0.15, 0.2) is 65.6 Å². The van der Waals surface area contributed by atoms with Crippen molar-refractivity contribution in [3.05, 3.63) is 66.2 Å². The highest BCUT2D eigenvalue weighted by Gasteiger charge is 2.20. The van der Waals surface area contributed by atoms with Crippen LogP contribution in [0.4, 0.5) is 0 Å². The molecule has 3 rings (SSSR count). The second-order valence-electron chi connectivity index (χ2n) is 8.25. The van der Waals surface area contributed by atoms with Gasteiger partial charge in [-0.05, 0) is 70.0 Å². The summed E-state index contributed by atoms with van der Waals surface area (Å²) in [5.41, 5.74) is 1.88. The maximum atomic E-state index is 10.4. The molecular weight excluding hydrogens is 428 g/mol. The van der Waals surface area contributed by atoms with E-state index in [0.717, 1.165) is 23.1 Å². The number of benzene rings is 2. The SMILES string of the molecule is C/C=N\C(=C/C)Oc1ccc(CC(C)(C)NC[C@H](O)COc2cccc3[nH]ncc23)cc1.CC. The molecule has 7 heteroatoms. The van der Waals surface area contributed by atoms with Gasteiger partial charge in [0.25, 0.3) is 0 Å². The van der Waals surface area contributed by atoms with Crippen molar-refractivity contribution in [1.29, 1.82) is 0 Å². The van der Waals surface area contributed by atoms with E-state index < -0.39 is 6.10 Å². The number of aliphatic hydroxyl groups is 1. The fourth-order valence-corrected chi connectivity index (χ4v) is 3.36. The lowest BCUT2D eigenvalue weighted by Crippen LogP contribution is -2.46. The molecule has 3 aromatic rings. The predicted molar refractivity (Wildman–Crippen MR) is 140 cm³/mol. The Labute approximate surface area is 202 Å². The minimum absolute atomic E-state index is 0.199. The lowest BCUT2D eigenvalue weighted by Gasteiger charge is -2.28. The topological polar surface area (TPSA) is 91.8 Å². The number of nitrogens with one attached hydrogen (secondary N) is 2. The first-order valence-electron chi connectivity index (χ1n) is 11.8. The van der Waals surface area contributed by atoms with Gasteiger partial charge in [-0.15, -0.1) is 0 Å². The van der Waals surface area contributed by atoms with Crippen molar-refractivity contribution in [3.8, 4) is 11.5 Å². The molecule has 0 spiro atoms. The Morgan fingerprint density at radius 3 is 2.59 bits per heavy atom. The summed E-state index contributed by atoms with van der Waals surface area (Å²) in [6.45, 7) is 12.6. The van der Waals surface area contributed by atoms with Gasteiger partial charge < -0.3 is 19.9 Å². The van der Waals surface area contributed by atoms with Crippen molar-refractivity contribution in [2.75, 3.05) is 13.2 Å². The third-order valence-electron chi connectivity index (χ3n) is 4.99. The normalized spacial score (nSPS) is 13.0. The van der Waals surface area contributed by atoms with Crippen LogP contribution < -0.4 is 14.8 Å². The van der Waals surface area contributed by atoms with E-state index in [9.17, 15) is 5.11 Å². The van der Waals surface area contributed by atoms with Crippen molar-refractivity contribution in [1.82, 2.24) is 15.5 Å². The Bertz CT molecular complexity index is 1060. The highest BCUT2D eigenvalue weighted by molar-refractivity contribution is 5.84. The number of β-amino-alcohol motifs (C(OH)–C–C–N with tert-alkyl or cyclic N) is 1. The summed E-state index contributed by atoms with van der Waals surface area (Å²) in [7, 11) is 0. The molecular formula is C27H38N4O3. The number of aromatic amines is 1. The number of nitrogens with zero attached hydrogens (tertiary/aromatic N) is 2. The van der Waals surface area contributed by atoms with Gasteiger partial charge >= 0.3 is 0 Å². The number of H-pyrrole nitrogens is 1. The molecule has 34 heavy (non-hydrogen) atoms. The van der Waals surface area contributed by atoms with Gasteiger partial charge in [0, 0.05) is 18.3 Å². The molecule has 0 unspecified atom stereocenters. The third-order valence-corrected chi connectivity index (χ3v) is 4.99. The molecule has 0 aliphatic heterocycles. The number of rotatable bonds is 11. The van der Waals surface area contributed by atoms with Crippen molar-refractivity contribution in [2.45, 2.75) is 59.6 Å². The maximum absolute atomic E-state index is 10.4. The predicted octanol–water partition coefficient (Wildman–Crippen LogP) is 5.27. The number of allylic oxidation sites excluding steroid dienone is 1. The van der Waals surface area contributed by atoms with Crippen LogP contribution in [-0.2, 0) is 6.42 Å². The second-order valence-corrected chi connectivity index (χ2v) is 8.25. The van der Waals surface area contributed by atoms with Crippen molar-refractivity contribution in [3.63, 3.8) is 0 Å². The van der Waals surface area contributed by atoms with Gasteiger partial charge in [-0.25, -0.2) is 4.99 Å². The minimum Gasteiger partial charge on any atom is -0.490 e. The molecule has 2 aromatic carbocycles. The summed E-state index contributed by atoms with van der Waals surface area (Å²) in [5, 5.41) is 21.7. The average Bonchev–Trinajstić information content (AvgIpc) is 3.33. The van der Waals surface area contributed by atoms with E-state index >= 15 is 0 Å². The van der Waals surface area contributed by atoms with E-state index in [-0.39, 0.29) is 12.1 Å². The number of ether oxygens (including phenoxy) is 2. The maximum Gasteiger partial charge on any atom is 0.214 e. The Balaban J connectivity index is 0.00000199. The highest BCUT2D eigenvalue weighted by atomic mass is 16.5. The second kappa shape index (κ2) is 13.5. The Morgan fingerprint density at radius 1 is 1.18 bits per heavy atom. The lowest BCUT2D eigenvalue weighted by atomic mass is 9.94. The molecule has 7 nitrogen and oxygen atoms in total. The van der Waals surface area contributed by atoms with Crippen molar-refractivity contribution >= 4 is 17.1 Å². The molecule has 0 bridgehead atoms. The fraction of sp³-hybridized carbons (Fsp3) is 0.407. The van der Waals surface area contributed by atoms with Gasteiger partial charge in [0.05, 0.1) is 17.1 Å².